The van der Waals surface area contributed by atoms with Gasteiger partial charge in [-0.2, -0.15) is 0 Å². The van der Waals surface area contributed by atoms with Gasteiger partial charge in [0.2, 0.25) is 0 Å². The maximum Gasteiger partial charge on any atom is 0.306 e. The third-order valence-corrected chi connectivity index (χ3v) is 11.2. The van der Waals surface area contributed by atoms with Crippen LogP contribution >= 0.6 is 0 Å². The van der Waals surface area contributed by atoms with Crippen LogP contribution in [-0.2, 0) is 28.6 Å². The average Bonchev–Trinajstić information content (AvgIpc) is 3.27. The van der Waals surface area contributed by atoms with Gasteiger partial charge in [0.25, 0.3) is 0 Å². The predicted octanol–water partition coefficient (Wildman–Crippen LogP) is 17.3. The van der Waals surface area contributed by atoms with Gasteiger partial charge in [0, 0.05) is 19.3 Å². The van der Waals surface area contributed by atoms with Crippen LogP contribution in [0.25, 0.3) is 0 Å². The van der Waals surface area contributed by atoms with Crippen LogP contribution in [0, 0.1) is 0 Å². The molecule has 0 aliphatic rings. The van der Waals surface area contributed by atoms with Gasteiger partial charge in [-0.1, -0.05) is 191 Å². The van der Waals surface area contributed by atoms with E-state index in [1.165, 1.54) is 109 Å². The van der Waals surface area contributed by atoms with Gasteiger partial charge in [0.05, 0.1) is 0 Å². The Bertz CT molecular complexity index is 1130. The second-order valence-corrected chi connectivity index (χ2v) is 17.4. The summed E-state index contributed by atoms with van der Waals surface area (Å²) in [6.07, 6.45) is 62.0. The second kappa shape index (κ2) is 50.8. The number of ether oxygens (including phenoxy) is 3. The molecule has 1 unspecified atom stereocenters. The van der Waals surface area contributed by atoms with Crippen molar-refractivity contribution >= 4 is 17.9 Å². The molecule has 0 heterocycles. The number of rotatable bonds is 47. The van der Waals surface area contributed by atoms with Crippen LogP contribution in [0.4, 0.5) is 0 Å². The Kier molecular flexibility index (Phi) is 48.4. The molecule has 0 spiro atoms. The van der Waals surface area contributed by atoms with E-state index in [1.54, 1.807) is 0 Å². The fraction of sp³-hybridized carbons (Fsp3) is 0.768. The topological polar surface area (TPSA) is 78.9 Å². The highest BCUT2D eigenvalue weighted by molar-refractivity contribution is 5.71. The van der Waals surface area contributed by atoms with Gasteiger partial charge in [0.1, 0.15) is 13.2 Å². The normalized spacial score (nSPS) is 12.5. The summed E-state index contributed by atoms with van der Waals surface area (Å²) < 4.78 is 16.8. The molecular weight excluding hydrogens is 769 g/mol. The van der Waals surface area contributed by atoms with E-state index in [9.17, 15) is 14.4 Å². The first-order valence-electron chi connectivity index (χ1n) is 26.3. The van der Waals surface area contributed by atoms with Crippen LogP contribution in [-0.4, -0.2) is 37.2 Å². The van der Waals surface area contributed by atoms with Crippen LogP contribution in [0.1, 0.15) is 258 Å². The van der Waals surface area contributed by atoms with Crippen molar-refractivity contribution in [3.05, 3.63) is 60.8 Å². The number of allylic oxidation sites excluding steroid dienone is 10. The first-order chi connectivity index (χ1) is 30.5. The summed E-state index contributed by atoms with van der Waals surface area (Å²) in [4.78, 5) is 38.0. The van der Waals surface area contributed by atoms with Crippen molar-refractivity contribution in [2.24, 2.45) is 0 Å². The van der Waals surface area contributed by atoms with Crippen molar-refractivity contribution in [2.45, 2.75) is 264 Å². The molecule has 0 bridgehead atoms. The van der Waals surface area contributed by atoms with E-state index in [0.29, 0.717) is 19.3 Å². The zero-order valence-corrected chi connectivity index (χ0v) is 40.9. The minimum atomic E-state index is -0.789. The molecular formula is C56H98O6. The Hall–Kier alpha value is -2.89. The Labute approximate surface area is 383 Å². The Balaban J connectivity index is 4.43. The molecule has 1 atom stereocenters. The standard InChI is InChI=1S/C56H98O6/c1-4-7-10-13-16-19-22-25-27-29-31-34-37-40-43-46-49-55(58)61-52-53(51-60-54(57)48-45-42-39-36-33-24-21-18-15-12-9-6-3)62-56(59)50-47-44-41-38-35-32-30-28-26-23-20-17-14-11-8-5-2/h18-23,27-30,53H,4-17,24-26,31-52H2,1-3H3/b21-18-,22-19-,23-20-,29-27-,30-28-. The SMILES string of the molecule is CCCCC/C=C\CCCCCCCC(=O)OCC(COC(=O)CCCCCCC/C=C\C/C=C\CCCCCC)OC(=O)CCCCCCC/C=C\C/C=C\CCCCCC. The molecule has 0 N–H and O–H groups in total. The van der Waals surface area contributed by atoms with Gasteiger partial charge in [-0.15, -0.1) is 0 Å². The number of hydrogen-bond donors (Lipinski definition) is 0. The molecule has 0 aliphatic carbocycles. The van der Waals surface area contributed by atoms with E-state index in [-0.39, 0.29) is 31.1 Å². The first kappa shape index (κ1) is 59.1. The van der Waals surface area contributed by atoms with Gasteiger partial charge >= 0.3 is 17.9 Å². The molecule has 358 valence electrons. The van der Waals surface area contributed by atoms with Crippen molar-refractivity contribution in [1.29, 1.82) is 0 Å². The van der Waals surface area contributed by atoms with Crippen LogP contribution < -0.4 is 0 Å². The maximum atomic E-state index is 12.8. The zero-order valence-electron chi connectivity index (χ0n) is 40.9. The van der Waals surface area contributed by atoms with Crippen LogP contribution in [0.3, 0.4) is 0 Å². The molecule has 0 saturated heterocycles. The second-order valence-electron chi connectivity index (χ2n) is 17.4. The average molecular weight is 867 g/mol. The number of esters is 3. The quantitative estimate of drug-likeness (QED) is 0.0262. The first-order valence-corrected chi connectivity index (χ1v) is 26.3. The minimum Gasteiger partial charge on any atom is -0.462 e. The summed E-state index contributed by atoms with van der Waals surface area (Å²) in [7, 11) is 0. The summed E-state index contributed by atoms with van der Waals surface area (Å²) in [5.41, 5.74) is 0. The molecule has 0 aliphatic heterocycles. The van der Waals surface area contributed by atoms with E-state index in [2.05, 4.69) is 81.5 Å². The Morgan fingerprint density at radius 2 is 0.581 bits per heavy atom. The van der Waals surface area contributed by atoms with Gasteiger partial charge in [-0.3, -0.25) is 14.4 Å². The van der Waals surface area contributed by atoms with Gasteiger partial charge in [-0.05, 0) is 109 Å². The molecule has 0 radical (unpaired) electrons. The lowest BCUT2D eigenvalue weighted by Gasteiger charge is -2.18. The van der Waals surface area contributed by atoms with Crippen molar-refractivity contribution in [1.82, 2.24) is 0 Å². The maximum absolute atomic E-state index is 12.8. The number of carbonyl (C=O) groups excluding carboxylic acids is 3. The lowest BCUT2D eigenvalue weighted by molar-refractivity contribution is -0.167. The van der Waals surface area contributed by atoms with E-state index in [4.69, 9.17) is 14.2 Å². The highest BCUT2D eigenvalue weighted by Crippen LogP contribution is 2.14. The highest BCUT2D eigenvalue weighted by atomic mass is 16.6. The summed E-state index contributed by atoms with van der Waals surface area (Å²) in [6, 6.07) is 0. The minimum absolute atomic E-state index is 0.0888. The number of unbranched alkanes of at least 4 members (excludes halogenated alkanes) is 26. The van der Waals surface area contributed by atoms with E-state index >= 15 is 0 Å². The highest BCUT2D eigenvalue weighted by Gasteiger charge is 2.19. The van der Waals surface area contributed by atoms with Crippen molar-refractivity contribution < 1.29 is 28.6 Å². The smallest absolute Gasteiger partial charge is 0.306 e. The van der Waals surface area contributed by atoms with Crippen molar-refractivity contribution in [2.75, 3.05) is 13.2 Å². The molecule has 0 amide bonds. The predicted molar refractivity (Wildman–Crippen MR) is 265 cm³/mol. The van der Waals surface area contributed by atoms with E-state index < -0.39 is 6.10 Å². The molecule has 0 aromatic heterocycles. The van der Waals surface area contributed by atoms with Gasteiger partial charge in [0.15, 0.2) is 6.10 Å². The lowest BCUT2D eigenvalue weighted by Crippen LogP contribution is -2.30. The third kappa shape index (κ3) is 48.1. The molecule has 0 rings (SSSR count). The van der Waals surface area contributed by atoms with Crippen molar-refractivity contribution in [3.63, 3.8) is 0 Å². The van der Waals surface area contributed by atoms with E-state index in [0.717, 1.165) is 109 Å². The molecule has 0 aromatic rings. The molecule has 6 heteroatoms. The van der Waals surface area contributed by atoms with Crippen LogP contribution in [0.2, 0.25) is 0 Å². The van der Waals surface area contributed by atoms with Crippen LogP contribution in [0.15, 0.2) is 60.8 Å². The van der Waals surface area contributed by atoms with Crippen molar-refractivity contribution in [3.8, 4) is 0 Å². The summed E-state index contributed by atoms with van der Waals surface area (Å²) in [6.45, 7) is 6.55. The van der Waals surface area contributed by atoms with Gasteiger partial charge in [-0.25, -0.2) is 0 Å². The largest absolute Gasteiger partial charge is 0.462 e. The fourth-order valence-corrected chi connectivity index (χ4v) is 7.20. The van der Waals surface area contributed by atoms with E-state index in [1.807, 2.05) is 0 Å². The van der Waals surface area contributed by atoms with Gasteiger partial charge < -0.3 is 14.2 Å². The summed E-state index contributed by atoms with van der Waals surface area (Å²) in [5, 5.41) is 0. The molecule has 62 heavy (non-hydrogen) atoms. The number of hydrogen-bond acceptors (Lipinski definition) is 6. The Morgan fingerprint density at radius 3 is 0.935 bits per heavy atom. The molecule has 0 fully saturated rings. The summed E-state index contributed by atoms with van der Waals surface area (Å²) in [5.74, 6) is -0.921. The number of carbonyl (C=O) groups is 3. The lowest BCUT2D eigenvalue weighted by atomic mass is 10.1. The zero-order chi connectivity index (χ0) is 45.1. The molecule has 6 nitrogen and oxygen atoms in total. The molecule has 0 aromatic carbocycles. The Morgan fingerprint density at radius 1 is 0.323 bits per heavy atom. The monoisotopic (exact) mass is 867 g/mol. The van der Waals surface area contributed by atoms with Crippen LogP contribution in [0.5, 0.6) is 0 Å². The third-order valence-electron chi connectivity index (χ3n) is 11.2. The molecule has 0 saturated carbocycles. The fourth-order valence-electron chi connectivity index (χ4n) is 7.20. The summed E-state index contributed by atoms with van der Waals surface area (Å²) >= 11 is 0.